The molecule has 0 aliphatic carbocycles. The molecule has 0 radical (unpaired) electrons. The molecular formula is C13H16ClFN2. The normalized spacial score (nSPS) is 11.6. The fourth-order valence-corrected chi connectivity index (χ4v) is 2.16. The number of alkyl halides is 1. The second-order valence-corrected chi connectivity index (χ2v) is 4.98. The maximum atomic E-state index is 13.3. The number of aromatic nitrogens is 2. The summed E-state index contributed by atoms with van der Waals surface area (Å²) in [4.78, 5) is 4.51. The molecule has 0 unspecified atom stereocenters. The molecule has 2 nitrogen and oxygen atoms in total. The minimum atomic E-state index is -0.222. The van der Waals surface area contributed by atoms with Gasteiger partial charge in [-0.1, -0.05) is 13.8 Å². The molecule has 0 saturated heterocycles. The van der Waals surface area contributed by atoms with Crippen LogP contribution in [0.25, 0.3) is 11.0 Å². The van der Waals surface area contributed by atoms with Crippen LogP contribution in [0.4, 0.5) is 4.39 Å². The van der Waals surface area contributed by atoms with Crippen molar-refractivity contribution in [2.75, 3.05) is 5.88 Å². The molecule has 0 bridgehead atoms. The molecule has 0 atom stereocenters. The molecule has 0 aliphatic rings. The lowest BCUT2D eigenvalue weighted by molar-refractivity contribution is 0.518. The highest BCUT2D eigenvalue weighted by Crippen LogP contribution is 2.19. The van der Waals surface area contributed by atoms with E-state index in [-0.39, 0.29) is 5.82 Å². The zero-order valence-corrected chi connectivity index (χ0v) is 10.8. The second-order valence-electron chi connectivity index (χ2n) is 4.60. The second kappa shape index (κ2) is 5.05. The Kier molecular flexibility index (Phi) is 3.67. The number of hydrogen-bond donors (Lipinski definition) is 0. The van der Waals surface area contributed by atoms with Crippen molar-refractivity contribution in [3.05, 3.63) is 29.8 Å². The van der Waals surface area contributed by atoms with E-state index in [2.05, 4.69) is 23.4 Å². The van der Waals surface area contributed by atoms with Crippen molar-refractivity contribution in [1.29, 1.82) is 0 Å². The lowest BCUT2D eigenvalue weighted by atomic mass is 10.2. The summed E-state index contributed by atoms with van der Waals surface area (Å²) in [5.41, 5.74) is 1.70. The third-order valence-corrected chi connectivity index (χ3v) is 2.84. The molecule has 4 heteroatoms. The van der Waals surface area contributed by atoms with Crippen molar-refractivity contribution in [3.8, 4) is 0 Å². The minimum Gasteiger partial charge on any atom is -0.328 e. The maximum absolute atomic E-state index is 13.3. The van der Waals surface area contributed by atoms with E-state index in [1.165, 1.54) is 6.07 Å². The van der Waals surface area contributed by atoms with Crippen LogP contribution in [0, 0.1) is 11.7 Å². The number of rotatable bonds is 4. The van der Waals surface area contributed by atoms with Gasteiger partial charge in [0, 0.05) is 18.8 Å². The Balaban J connectivity index is 2.55. The summed E-state index contributed by atoms with van der Waals surface area (Å²) in [6.07, 6.45) is 0.713. The first kappa shape index (κ1) is 12.4. The number of halogens is 2. The molecule has 2 rings (SSSR count). The fourth-order valence-electron chi connectivity index (χ4n) is 1.99. The molecule has 1 aromatic heterocycles. The Morgan fingerprint density at radius 1 is 1.41 bits per heavy atom. The number of hydrogen-bond acceptors (Lipinski definition) is 1. The standard InChI is InChI=1S/C13H16ClFN2/c1-9(2)8-17-12-7-10(15)3-4-11(12)16-13(17)5-6-14/h3-4,7,9H,5-6,8H2,1-2H3. The van der Waals surface area contributed by atoms with Crippen molar-refractivity contribution in [3.63, 3.8) is 0 Å². The average molecular weight is 255 g/mol. The minimum absolute atomic E-state index is 0.222. The lowest BCUT2D eigenvalue weighted by Crippen LogP contribution is -2.09. The Morgan fingerprint density at radius 3 is 2.82 bits per heavy atom. The van der Waals surface area contributed by atoms with Gasteiger partial charge >= 0.3 is 0 Å². The van der Waals surface area contributed by atoms with Gasteiger partial charge in [0.1, 0.15) is 11.6 Å². The summed E-state index contributed by atoms with van der Waals surface area (Å²) in [6.45, 7) is 5.11. The SMILES string of the molecule is CC(C)Cn1c(CCCl)nc2ccc(F)cc21. The van der Waals surface area contributed by atoms with E-state index in [4.69, 9.17) is 11.6 Å². The molecule has 17 heavy (non-hydrogen) atoms. The Bertz CT molecular complexity index is 519. The molecule has 0 amide bonds. The van der Waals surface area contributed by atoms with E-state index in [1.807, 2.05) is 0 Å². The molecule has 0 N–H and O–H groups in total. The van der Waals surface area contributed by atoms with Crippen molar-refractivity contribution < 1.29 is 4.39 Å². The monoisotopic (exact) mass is 254 g/mol. The summed E-state index contributed by atoms with van der Waals surface area (Å²) in [5.74, 6) is 1.74. The molecule has 0 fully saturated rings. The number of imidazole rings is 1. The predicted octanol–water partition coefficient (Wildman–Crippen LogP) is 3.61. The number of aryl methyl sites for hydroxylation is 1. The van der Waals surface area contributed by atoms with Crippen molar-refractivity contribution in [2.45, 2.75) is 26.8 Å². The van der Waals surface area contributed by atoms with Crippen molar-refractivity contribution in [2.24, 2.45) is 5.92 Å². The van der Waals surface area contributed by atoms with Gasteiger partial charge in [-0.15, -0.1) is 11.6 Å². The summed E-state index contributed by atoms with van der Waals surface area (Å²) in [7, 11) is 0. The zero-order valence-electron chi connectivity index (χ0n) is 10.1. The van der Waals surface area contributed by atoms with Crippen LogP contribution in [0.3, 0.4) is 0 Å². The van der Waals surface area contributed by atoms with Gasteiger partial charge in [0.15, 0.2) is 0 Å². The largest absolute Gasteiger partial charge is 0.328 e. The Morgan fingerprint density at radius 2 is 2.18 bits per heavy atom. The van der Waals surface area contributed by atoms with E-state index >= 15 is 0 Å². The van der Waals surface area contributed by atoms with Gasteiger partial charge in [-0.2, -0.15) is 0 Å². The predicted molar refractivity (Wildman–Crippen MR) is 69.0 cm³/mol. The summed E-state index contributed by atoms with van der Waals surface area (Å²) in [6, 6.07) is 4.71. The maximum Gasteiger partial charge on any atom is 0.125 e. The molecular weight excluding hydrogens is 239 g/mol. The molecule has 1 heterocycles. The Hall–Kier alpha value is -1.09. The van der Waals surface area contributed by atoms with E-state index in [0.717, 1.165) is 23.4 Å². The molecule has 2 aromatic rings. The van der Waals surface area contributed by atoms with Crippen LogP contribution in [-0.4, -0.2) is 15.4 Å². The van der Waals surface area contributed by atoms with Crippen LogP contribution >= 0.6 is 11.6 Å². The van der Waals surface area contributed by atoms with Gasteiger partial charge < -0.3 is 4.57 Å². The average Bonchev–Trinajstić information content (AvgIpc) is 2.57. The first-order valence-corrected chi connectivity index (χ1v) is 6.36. The summed E-state index contributed by atoms with van der Waals surface area (Å²) in [5, 5.41) is 0. The summed E-state index contributed by atoms with van der Waals surface area (Å²) >= 11 is 5.78. The van der Waals surface area contributed by atoms with E-state index < -0.39 is 0 Å². The summed E-state index contributed by atoms with van der Waals surface area (Å²) < 4.78 is 15.4. The third kappa shape index (κ3) is 2.60. The van der Waals surface area contributed by atoms with Crippen LogP contribution in [-0.2, 0) is 13.0 Å². The van der Waals surface area contributed by atoms with Gasteiger partial charge in [-0.25, -0.2) is 9.37 Å². The molecule has 0 saturated carbocycles. The van der Waals surface area contributed by atoms with Crippen LogP contribution in [0.1, 0.15) is 19.7 Å². The highest BCUT2D eigenvalue weighted by atomic mass is 35.5. The quantitative estimate of drug-likeness (QED) is 0.762. The smallest absolute Gasteiger partial charge is 0.125 e. The van der Waals surface area contributed by atoms with E-state index in [9.17, 15) is 4.39 Å². The van der Waals surface area contributed by atoms with E-state index in [1.54, 1.807) is 12.1 Å². The third-order valence-electron chi connectivity index (χ3n) is 2.66. The fraction of sp³-hybridized carbons (Fsp3) is 0.462. The van der Waals surface area contributed by atoms with Gasteiger partial charge in [0.25, 0.3) is 0 Å². The molecule has 92 valence electrons. The number of nitrogens with zero attached hydrogens (tertiary/aromatic N) is 2. The number of benzene rings is 1. The van der Waals surface area contributed by atoms with Crippen LogP contribution in [0.2, 0.25) is 0 Å². The van der Waals surface area contributed by atoms with Crippen LogP contribution < -0.4 is 0 Å². The Labute approximate surface area is 105 Å². The molecule has 0 spiro atoms. The highest BCUT2D eigenvalue weighted by Gasteiger charge is 2.11. The van der Waals surface area contributed by atoms with Crippen molar-refractivity contribution >= 4 is 22.6 Å². The van der Waals surface area contributed by atoms with Crippen LogP contribution in [0.15, 0.2) is 18.2 Å². The van der Waals surface area contributed by atoms with E-state index in [0.29, 0.717) is 18.2 Å². The molecule has 0 aliphatic heterocycles. The van der Waals surface area contributed by atoms with Crippen molar-refractivity contribution in [1.82, 2.24) is 9.55 Å². The topological polar surface area (TPSA) is 17.8 Å². The lowest BCUT2D eigenvalue weighted by Gasteiger charge is -2.11. The van der Waals surface area contributed by atoms with Gasteiger partial charge in [-0.05, 0) is 24.1 Å². The number of fused-ring (bicyclic) bond motifs is 1. The first-order valence-electron chi connectivity index (χ1n) is 5.82. The van der Waals surface area contributed by atoms with Gasteiger partial charge in [0.2, 0.25) is 0 Å². The molecule has 1 aromatic carbocycles. The first-order chi connectivity index (χ1) is 8.11. The van der Waals surface area contributed by atoms with Gasteiger partial charge in [-0.3, -0.25) is 0 Å². The van der Waals surface area contributed by atoms with Crippen LogP contribution in [0.5, 0.6) is 0 Å². The zero-order chi connectivity index (χ0) is 12.4. The van der Waals surface area contributed by atoms with Gasteiger partial charge in [0.05, 0.1) is 11.0 Å². The highest BCUT2D eigenvalue weighted by molar-refractivity contribution is 6.17.